The highest BCUT2D eigenvalue weighted by Crippen LogP contribution is 2.45. The molecule has 3 unspecified atom stereocenters. The Kier molecular flexibility index (Phi) is 79.2. The van der Waals surface area contributed by atoms with Crippen molar-refractivity contribution in [1.29, 1.82) is 0 Å². The van der Waals surface area contributed by atoms with Crippen LogP contribution in [-0.4, -0.2) is 96.7 Å². The number of unbranched alkanes of at least 4 members (excludes halogenated alkanes) is 59. The van der Waals surface area contributed by atoms with Gasteiger partial charge in [-0.15, -0.1) is 0 Å². The topological polar surface area (TPSA) is 237 Å². The minimum absolute atomic E-state index is 0.108. The Labute approximate surface area is 658 Å². The summed E-state index contributed by atoms with van der Waals surface area (Å²) in [5.41, 5.74) is 0. The number of rotatable bonds is 88. The van der Waals surface area contributed by atoms with Crippen molar-refractivity contribution < 1.29 is 80.2 Å². The summed E-state index contributed by atoms with van der Waals surface area (Å²) in [6.07, 6.45) is 75.2. The molecule has 0 radical (unpaired) electrons. The van der Waals surface area contributed by atoms with Crippen LogP contribution in [-0.2, 0) is 65.4 Å². The van der Waals surface area contributed by atoms with Gasteiger partial charge in [-0.1, -0.05) is 426 Å². The van der Waals surface area contributed by atoms with Crippen LogP contribution < -0.4 is 0 Å². The lowest BCUT2D eigenvalue weighted by Crippen LogP contribution is -2.30. The van der Waals surface area contributed by atoms with E-state index in [4.69, 9.17) is 37.0 Å². The van der Waals surface area contributed by atoms with Crippen LogP contribution >= 0.6 is 15.6 Å². The largest absolute Gasteiger partial charge is 0.472 e. The van der Waals surface area contributed by atoms with E-state index in [0.29, 0.717) is 25.7 Å². The minimum atomic E-state index is -4.97. The molecule has 636 valence electrons. The molecule has 0 aromatic heterocycles. The molecule has 0 aromatic carbocycles. The SMILES string of the molecule is CCCCCCCCCCCCCCCCCCCCCCCCC(=O)O[C@H](COC(=O)CCCCCCCCCCCCCCCCCCCCCC)COP(=O)(O)OC[C@@H](O)COP(=O)(O)OC[C@@H](COC(=O)CCCCCCCCC(C)CC)OC(=O)CCCCCCCCCCCCCCCCC. The summed E-state index contributed by atoms with van der Waals surface area (Å²) in [5, 5.41) is 10.7. The van der Waals surface area contributed by atoms with Crippen molar-refractivity contribution in [3.8, 4) is 0 Å². The van der Waals surface area contributed by atoms with E-state index in [-0.39, 0.29) is 25.7 Å². The van der Waals surface area contributed by atoms with Gasteiger partial charge in [0.25, 0.3) is 0 Å². The molecule has 0 saturated heterocycles. The van der Waals surface area contributed by atoms with E-state index in [1.54, 1.807) is 0 Å². The number of hydrogen-bond donors (Lipinski definition) is 3. The highest BCUT2D eigenvalue weighted by Gasteiger charge is 2.30. The lowest BCUT2D eigenvalue weighted by atomic mass is 10.00. The van der Waals surface area contributed by atoms with E-state index in [0.717, 1.165) is 102 Å². The van der Waals surface area contributed by atoms with Gasteiger partial charge in [0.15, 0.2) is 12.2 Å². The third-order valence-electron chi connectivity index (χ3n) is 21.1. The zero-order valence-corrected chi connectivity index (χ0v) is 72.1. The Morgan fingerprint density at radius 3 is 0.664 bits per heavy atom. The number of esters is 4. The highest BCUT2D eigenvalue weighted by molar-refractivity contribution is 7.47. The Hall–Kier alpha value is -1.94. The molecule has 0 fully saturated rings. The number of carbonyl (C=O) groups excluding carboxylic acids is 4. The number of aliphatic hydroxyl groups is 1. The van der Waals surface area contributed by atoms with Gasteiger partial charge in [0, 0.05) is 25.7 Å². The molecule has 0 aliphatic rings. The van der Waals surface area contributed by atoms with Crippen molar-refractivity contribution in [2.75, 3.05) is 39.6 Å². The number of phosphoric ester groups is 2. The second-order valence-electron chi connectivity index (χ2n) is 31.9. The predicted molar refractivity (Wildman–Crippen MR) is 442 cm³/mol. The van der Waals surface area contributed by atoms with E-state index in [1.165, 1.54) is 295 Å². The molecule has 107 heavy (non-hydrogen) atoms. The van der Waals surface area contributed by atoms with Gasteiger partial charge in [-0.05, 0) is 31.6 Å². The molecule has 0 spiro atoms. The average Bonchev–Trinajstić information content (AvgIpc) is 0.906. The van der Waals surface area contributed by atoms with Gasteiger partial charge in [0.05, 0.1) is 26.4 Å². The molecule has 17 nitrogen and oxygen atoms in total. The molecule has 19 heteroatoms. The van der Waals surface area contributed by atoms with Crippen LogP contribution in [0.4, 0.5) is 0 Å². The standard InChI is InChI=1S/C88H172O17P2/c1-6-10-13-16-19-22-25-28-31-33-35-37-38-40-42-45-48-51-54-57-64-69-73-87(92)104-83(77-98-85(90)71-66-61-55-52-49-46-44-41-39-36-34-32-29-26-23-20-17-14-11-7-2)79-102-106(94,95)100-75-82(89)76-101-107(96,97)103-80-84(78-99-86(91)72-67-62-59-58-60-65-70-81(5)9-4)105-88(93)74-68-63-56-53-50-47-43-30-27-24-21-18-15-12-8-3/h81-84,89H,6-80H2,1-5H3,(H,94,95)(H,96,97)/t81?,82-,83-,84-/m1/s1. The van der Waals surface area contributed by atoms with Crippen LogP contribution in [0, 0.1) is 5.92 Å². The molecule has 0 aliphatic carbocycles. The van der Waals surface area contributed by atoms with Gasteiger partial charge in [-0.2, -0.15) is 0 Å². The Balaban J connectivity index is 5.21. The molecule has 3 N–H and O–H groups in total. The first-order chi connectivity index (χ1) is 52.1. The molecule has 6 atom stereocenters. The molecule has 0 saturated carbocycles. The van der Waals surface area contributed by atoms with Crippen LogP contribution in [0.15, 0.2) is 0 Å². The number of ether oxygens (including phenoxy) is 4. The summed E-state index contributed by atoms with van der Waals surface area (Å²) in [7, 11) is -9.93. The molecular weight excluding hydrogens is 1390 g/mol. The van der Waals surface area contributed by atoms with E-state index in [9.17, 15) is 43.2 Å². The Morgan fingerprint density at radius 1 is 0.262 bits per heavy atom. The number of hydrogen-bond acceptors (Lipinski definition) is 15. The molecule has 0 bridgehead atoms. The fourth-order valence-corrected chi connectivity index (χ4v) is 15.4. The lowest BCUT2D eigenvalue weighted by Gasteiger charge is -2.21. The van der Waals surface area contributed by atoms with Gasteiger partial charge in [0.2, 0.25) is 0 Å². The Bertz CT molecular complexity index is 2030. The molecule has 0 aromatic rings. The van der Waals surface area contributed by atoms with E-state index in [2.05, 4.69) is 34.6 Å². The predicted octanol–water partition coefficient (Wildman–Crippen LogP) is 27.2. The fourth-order valence-electron chi connectivity index (χ4n) is 13.8. The minimum Gasteiger partial charge on any atom is -0.462 e. The molecule has 0 amide bonds. The first-order valence-electron chi connectivity index (χ1n) is 45.7. The molecular formula is C88H172O17P2. The van der Waals surface area contributed by atoms with Crippen LogP contribution in [0.3, 0.4) is 0 Å². The maximum atomic E-state index is 13.2. The van der Waals surface area contributed by atoms with Crippen molar-refractivity contribution in [2.24, 2.45) is 5.92 Å². The third-order valence-corrected chi connectivity index (χ3v) is 23.0. The maximum Gasteiger partial charge on any atom is 0.472 e. The van der Waals surface area contributed by atoms with Crippen molar-refractivity contribution in [2.45, 2.75) is 496 Å². The quantitative estimate of drug-likeness (QED) is 0.0222. The molecule has 0 aliphatic heterocycles. The molecule has 0 rings (SSSR count). The summed E-state index contributed by atoms with van der Waals surface area (Å²) < 4.78 is 68.9. The first kappa shape index (κ1) is 105. The summed E-state index contributed by atoms with van der Waals surface area (Å²) >= 11 is 0. The lowest BCUT2D eigenvalue weighted by molar-refractivity contribution is -0.161. The normalized spacial score (nSPS) is 14.0. The highest BCUT2D eigenvalue weighted by atomic mass is 31.2. The van der Waals surface area contributed by atoms with Crippen molar-refractivity contribution >= 4 is 39.5 Å². The zero-order valence-electron chi connectivity index (χ0n) is 70.3. The van der Waals surface area contributed by atoms with Crippen LogP contribution in [0.5, 0.6) is 0 Å². The summed E-state index contributed by atoms with van der Waals surface area (Å²) in [6.45, 7) is 7.33. The number of carbonyl (C=O) groups is 4. The van der Waals surface area contributed by atoms with Crippen molar-refractivity contribution in [1.82, 2.24) is 0 Å². The van der Waals surface area contributed by atoms with Crippen LogP contribution in [0.25, 0.3) is 0 Å². The van der Waals surface area contributed by atoms with Gasteiger partial charge in [-0.25, -0.2) is 9.13 Å². The second-order valence-corrected chi connectivity index (χ2v) is 34.8. The van der Waals surface area contributed by atoms with E-state index >= 15 is 0 Å². The van der Waals surface area contributed by atoms with E-state index in [1.807, 2.05) is 0 Å². The maximum absolute atomic E-state index is 13.2. The van der Waals surface area contributed by atoms with Gasteiger partial charge in [0.1, 0.15) is 19.3 Å². The fraction of sp³-hybridized carbons (Fsp3) is 0.955. The molecule has 0 heterocycles. The monoisotopic (exact) mass is 1560 g/mol. The summed E-state index contributed by atoms with van der Waals surface area (Å²) in [4.78, 5) is 73.3. The van der Waals surface area contributed by atoms with Gasteiger partial charge >= 0.3 is 39.5 Å². The van der Waals surface area contributed by atoms with Gasteiger partial charge < -0.3 is 33.8 Å². The van der Waals surface area contributed by atoms with Crippen LogP contribution in [0.1, 0.15) is 478 Å². The smallest absolute Gasteiger partial charge is 0.462 e. The number of phosphoric acid groups is 2. The average molecular weight is 1560 g/mol. The van der Waals surface area contributed by atoms with Gasteiger partial charge in [-0.3, -0.25) is 37.3 Å². The third kappa shape index (κ3) is 80.5. The summed E-state index contributed by atoms with van der Waals surface area (Å²) in [6, 6.07) is 0. The zero-order chi connectivity index (χ0) is 78.3. The van der Waals surface area contributed by atoms with Crippen molar-refractivity contribution in [3.63, 3.8) is 0 Å². The van der Waals surface area contributed by atoms with E-state index < -0.39 is 97.5 Å². The summed E-state index contributed by atoms with van der Waals surface area (Å²) in [5.74, 6) is -1.37. The second kappa shape index (κ2) is 80.7. The first-order valence-corrected chi connectivity index (χ1v) is 48.7. The van der Waals surface area contributed by atoms with Crippen molar-refractivity contribution in [3.05, 3.63) is 0 Å². The van der Waals surface area contributed by atoms with Crippen LogP contribution in [0.2, 0.25) is 0 Å². The Morgan fingerprint density at radius 2 is 0.449 bits per heavy atom. The number of aliphatic hydroxyl groups excluding tert-OH is 1.